The van der Waals surface area contributed by atoms with Crippen molar-refractivity contribution in [2.75, 3.05) is 5.73 Å². The minimum absolute atomic E-state index is 0.122. The lowest BCUT2D eigenvalue weighted by molar-refractivity contribution is -0.127. The number of hydrogen-bond acceptors (Lipinski definition) is 3. The summed E-state index contributed by atoms with van der Waals surface area (Å²) >= 11 is 3.33. The first kappa shape index (κ1) is 15.8. The third-order valence-electron chi connectivity index (χ3n) is 2.76. The van der Waals surface area contributed by atoms with Crippen molar-refractivity contribution in [2.24, 2.45) is 0 Å². The van der Waals surface area contributed by atoms with Gasteiger partial charge in [0.1, 0.15) is 5.75 Å². The van der Waals surface area contributed by atoms with Crippen LogP contribution in [-0.2, 0) is 4.79 Å². The Balaban J connectivity index is 2.58. The molecule has 5 heteroatoms. The second kappa shape index (κ2) is 7.38. The Hall–Kier alpha value is -1.23. The third-order valence-corrected chi connectivity index (χ3v) is 3.25. The van der Waals surface area contributed by atoms with Gasteiger partial charge in [-0.1, -0.05) is 29.3 Å². The molecule has 1 aromatic rings. The number of nitrogens with one attached hydrogen (secondary N) is 1. The monoisotopic (exact) mass is 328 g/mol. The van der Waals surface area contributed by atoms with Gasteiger partial charge >= 0.3 is 0 Å². The average molecular weight is 329 g/mol. The largest absolute Gasteiger partial charge is 0.479 e. The smallest absolute Gasteiger partial charge is 0.260 e. The maximum Gasteiger partial charge on any atom is 0.260 e. The molecule has 0 fully saturated rings. The highest BCUT2D eigenvalue weighted by atomic mass is 79.9. The van der Waals surface area contributed by atoms with Crippen molar-refractivity contribution in [2.45, 2.75) is 45.8 Å². The quantitative estimate of drug-likeness (QED) is 0.788. The predicted molar refractivity (Wildman–Crippen MR) is 81.2 cm³/mol. The summed E-state index contributed by atoms with van der Waals surface area (Å²) in [6, 6.07) is 5.49. The van der Waals surface area contributed by atoms with Gasteiger partial charge in [-0.25, -0.2) is 0 Å². The summed E-state index contributed by atoms with van der Waals surface area (Å²) in [7, 11) is 0. The average Bonchev–Trinajstić information content (AvgIpc) is 2.32. The molecule has 2 atom stereocenters. The fourth-order valence-electron chi connectivity index (χ4n) is 1.74. The highest BCUT2D eigenvalue weighted by molar-refractivity contribution is 9.10. The van der Waals surface area contributed by atoms with Gasteiger partial charge in [0.15, 0.2) is 6.10 Å². The number of rotatable bonds is 6. The third kappa shape index (κ3) is 5.11. The van der Waals surface area contributed by atoms with Gasteiger partial charge in [0.05, 0.1) is 5.69 Å². The molecule has 1 amide bonds. The van der Waals surface area contributed by atoms with Crippen LogP contribution in [0.3, 0.4) is 0 Å². The SMILES string of the molecule is CCCC(C)NC(=O)C(C)Oc1ccc(Br)cc1N. The molecule has 0 radical (unpaired) electrons. The molecule has 4 nitrogen and oxygen atoms in total. The molecule has 0 spiro atoms. The molecule has 0 aliphatic heterocycles. The van der Waals surface area contributed by atoms with Crippen LogP contribution >= 0.6 is 15.9 Å². The molecule has 0 bridgehead atoms. The van der Waals surface area contributed by atoms with Crippen LogP contribution in [0.4, 0.5) is 5.69 Å². The molecular formula is C14H21BrN2O2. The summed E-state index contributed by atoms with van der Waals surface area (Å²) in [4.78, 5) is 11.9. The molecular weight excluding hydrogens is 308 g/mol. The first-order valence-electron chi connectivity index (χ1n) is 6.46. The number of benzene rings is 1. The molecule has 3 N–H and O–H groups in total. The van der Waals surface area contributed by atoms with Gasteiger partial charge in [0, 0.05) is 10.5 Å². The molecule has 0 aliphatic rings. The molecule has 0 saturated heterocycles. The van der Waals surface area contributed by atoms with Crippen LogP contribution in [0.1, 0.15) is 33.6 Å². The van der Waals surface area contributed by atoms with Crippen molar-refractivity contribution in [3.8, 4) is 5.75 Å². The number of ether oxygens (including phenoxy) is 1. The number of carbonyl (C=O) groups excluding carboxylic acids is 1. The lowest BCUT2D eigenvalue weighted by Crippen LogP contribution is -2.41. The van der Waals surface area contributed by atoms with Crippen LogP contribution in [0, 0.1) is 0 Å². The molecule has 1 rings (SSSR count). The van der Waals surface area contributed by atoms with E-state index in [1.54, 1.807) is 19.1 Å². The van der Waals surface area contributed by atoms with Crippen molar-refractivity contribution in [3.63, 3.8) is 0 Å². The van der Waals surface area contributed by atoms with E-state index in [0.29, 0.717) is 11.4 Å². The Kier molecular flexibility index (Phi) is 6.15. The number of nitrogen functional groups attached to an aromatic ring is 1. The second-order valence-electron chi connectivity index (χ2n) is 4.64. The topological polar surface area (TPSA) is 64.3 Å². The van der Waals surface area contributed by atoms with Gasteiger partial charge in [-0.3, -0.25) is 4.79 Å². The minimum Gasteiger partial charge on any atom is -0.479 e. The fourth-order valence-corrected chi connectivity index (χ4v) is 2.11. The second-order valence-corrected chi connectivity index (χ2v) is 5.56. The van der Waals surface area contributed by atoms with Crippen LogP contribution in [0.2, 0.25) is 0 Å². The van der Waals surface area contributed by atoms with Crippen LogP contribution in [0.15, 0.2) is 22.7 Å². The normalized spacial score (nSPS) is 13.7. The van der Waals surface area contributed by atoms with Crippen LogP contribution in [-0.4, -0.2) is 18.1 Å². The van der Waals surface area contributed by atoms with E-state index in [-0.39, 0.29) is 11.9 Å². The molecule has 2 unspecified atom stereocenters. The fraction of sp³-hybridized carbons (Fsp3) is 0.500. The Morgan fingerprint density at radius 3 is 2.74 bits per heavy atom. The van der Waals surface area contributed by atoms with E-state index in [4.69, 9.17) is 10.5 Å². The molecule has 1 aromatic carbocycles. The zero-order valence-corrected chi connectivity index (χ0v) is 13.2. The van der Waals surface area contributed by atoms with Crippen LogP contribution < -0.4 is 15.8 Å². The van der Waals surface area contributed by atoms with Crippen molar-refractivity contribution >= 4 is 27.5 Å². The summed E-state index contributed by atoms with van der Waals surface area (Å²) in [5.41, 5.74) is 6.34. The summed E-state index contributed by atoms with van der Waals surface area (Å²) in [6.45, 7) is 5.79. The van der Waals surface area contributed by atoms with E-state index in [9.17, 15) is 4.79 Å². The van der Waals surface area contributed by atoms with Crippen molar-refractivity contribution in [1.29, 1.82) is 0 Å². The number of halogens is 1. The highest BCUT2D eigenvalue weighted by Gasteiger charge is 2.17. The van der Waals surface area contributed by atoms with Crippen molar-refractivity contribution in [3.05, 3.63) is 22.7 Å². The van der Waals surface area contributed by atoms with E-state index in [0.717, 1.165) is 17.3 Å². The van der Waals surface area contributed by atoms with Gasteiger partial charge in [0.25, 0.3) is 5.91 Å². The molecule has 0 saturated carbocycles. The summed E-state index contributed by atoms with van der Waals surface area (Å²) < 4.78 is 6.46. The van der Waals surface area contributed by atoms with Gasteiger partial charge in [-0.15, -0.1) is 0 Å². The van der Waals surface area contributed by atoms with Gasteiger partial charge in [0.2, 0.25) is 0 Å². The number of amides is 1. The summed E-state index contributed by atoms with van der Waals surface area (Å²) in [5.74, 6) is 0.400. The number of hydrogen-bond donors (Lipinski definition) is 2. The summed E-state index contributed by atoms with van der Waals surface area (Å²) in [6.07, 6.45) is 1.43. The maximum atomic E-state index is 11.9. The van der Waals surface area contributed by atoms with Crippen LogP contribution in [0.5, 0.6) is 5.75 Å². The minimum atomic E-state index is -0.567. The Bertz CT molecular complexity index is 437. The Morgan fingerprint density at radius 2 is 2.16 bits per heavy atom. The van der Waals surface area contributed by atoms with Crippen LogP contribution in [0.25, 0.3) is 0 Å². The van der Waals surface area contributed by atoms with E-state index >= 15 is 0 Å². The lowest BCUT2D eigenvalue weighted by atomic mass is 10.2. The van der Waals surface area contributed by atoms with Crippen molar-refractivity contribution < 1.29 is 9.53 Å². The van der Waals surface area contributed by atoms with E-state index in [2.05, 4.69) is 28.2 Å². The molecule has 0 aromatic heterocycles. The molecule has 0 heterocycles. The number of anilines is 1. The molecule has 106 valence electrons. The van der Waals surface area contributed by atoms with E-state index in [1.807, 2.05) is 13.0 Å². The van der Waals surface area contributed by atoms with Gasteiger partial charge < -0.3 is 15.8 Å². The zero-order chi connectivity index (χ0) is 14.4. The molecule has 19 heavy (non-hydrogen) atoms. The van der Waals surface area contributed by atoms with E-state index < -0.39 is 6.10 Å². The van der Waals surface area contributed by atoms with Crippen molar-refractivity contribution in [1.82, 2.24) is 5.32 Å². The first-order chi connectivity index (χ1) is 8.93. The standard InChI is InChI=1S/C14H21BrN2O2/c1-4-5-9(2)17-14(18)10(3)19-13-7-6-11(15)8-12(13)16/h6-10H,4-5,16H2,1-3H3,(H,17,18). The Labute approximate surface area is 122 Å². The Morgan fingerprint density at radius 1 is 1.47 bits per heavy atom. The zero-order valence-electron chi connectivity index (χ0n) is 11.6. The first-order valence-corrected chi connectivity index (χ1v) is 7.25. The highest BCUT2D eigenvalue weighted by Crippen LogP contribution is 2.26. The van der Waals surface area contributed by atoms with E-state index in [1.165, 1.54) is 0 Å². The maximum absolute atomic E-state index is 11.9. The predicted octanol–water partition coefficient (Wildman–Crippen LogP) is 3.10. The van der Waals surface area contributed by atoms with Gasteiger partial charge in [-0.05, 0) is 38.5 Å². The molecule has 0 aliphatic carbocycles. The number of carbonyl (C=O) groups is 1. The number of nitrogens with two attached hydrogens (primary N) is 1. The van der Waals surface area contributed by atoms with Gasteiger partial charge in [-0.2, -0.15) is 0 Å². The summed E-state index contributed by atoms with van der Waals surface area (Å²) in [5, 5.41) is 2.92. The lowest BCUT2D eigenvalue weighted by Gasteiger charge is -2.19.